The predicted molar refractivity (Wildman–Crippen MR) is 144 cm³/mol. The minimum absolute atomic E-state index is 0.179. The van der Waals surface area contributed by atoms with Crippen LogP contribution < -0.4 is 0 Å². The van der Waals surface area contributed by atoms with Crippen LogP contribution in [0.15, 0.2) is 34.9 Å². The Bertz CT molecular complexity index is 986. The van der Waals surface area contributed by atoms with Crippen molar-refractivity contribution >= 4 is 11.9 Å². The van der Waals surface area contributed by atoms with E-state index in [0.717, 1.165) is 44.9 Å². The zero-order valence-corrected chi connectivity index (χ0v) is 23.9. The maximum Gasteiger partial charge on any atom is 0.303 e. The van der Waals surface area contributed by atoms with Crippen LogP contribution in [0.1, 0.15) is 107 Å². The van der Waals surface area contributed by atoms with E-state index in [2.05, 4.69) is 59.8 Å². The first kappa shape index (κ1) is 27.2. The quantitative estimate of drug-likeness (QED) is 0.279. The van der Waals surface area contributed by atoms with E-state index in [4.69, 9.17) is 9.47 Å². The highest BCUT2D eigenvalue weighted by molar-refractivity contribution is 5.68. The molecule has 0 aromatic carbocycles. The van der Waals surface area contributed by atoms with Gasteiger partial charge in [-0.2, -0.15) is 0 Å². The molecule has 1 saturated carbocycles. The largest absolute Gasteiger partial charge is 0.462 e. The molecule has 200 valence electrons. The van der Waals surface area contributed by atoms with E-state index in [-0.39, 0.29) is 28.9 Å². The molecule has 4 nitrogen and oxygen atoms in total. The number of carbonyl (C=O) groups is 2. The summed E-state index contributed by atoms with van der Waals surface area (Å²) in [5.41, 5.74) is 4.04. The minimum atomic E-state index is -0.592. The number of fused-ring (bicyclic) bond motifs is 4. The smallest absolute Gasteiger partial charge is 0.303 e. The van der Waals surface area contributed by atoms with Crippen LogP contribution in [0.25, 0.3) is 0 Å². The minimum Gasteiger partial charge on any atom is -0.462 e. The van der Waals surface area contributed by atoms with Gasteiger partial charge in [-0.3, -0.25) is 9.59 Å². The van der Waals surface area contributed by atoms with E-state index in [1.54, 1.807) is 11.1 Å². The lowest BCUT2D eigenvalue weighted by Gasteiger charge is -2.59. The monoisotopic (exact) mass is 496 g/mol. The van der Waals surface area contributed by atoms with Gasteiger partial charge in [0.15, 0.2) is 0 Å². The fourth-order valence-corrected chi connectivity index (χ4v) is 8.14. The first-order valence-corrected chi connectivity index (χ1v) is 14.3. The number of allylic oxidation sites excluding steroid dienone is 5. The lowest BCUT2D eigenvalue weighted by atomic mass is 9.49. The Kier molecular flexibility index (Phi) is 7.40. The summed E-state index contributed by atoms with van der Waals surface area (Å²) in [5, 5.41) is 0. The van der Waals surface area contributed by atoms with Crippen LogP contribution in [-0.2, 0) is 19.1 Å². The number of carbonyl (C=O) groups excluding carboxylic acids is 2. The lowest BCUT2D eigenvalue weighted by Crippen LogP contribution is -2.59. The van der Waals surface area contributed by atoms with Gasteiger partial charge < -0.3 is 9.47 Å². The van der Waals surface area contributed by atoms with Gasteiger partial charge in [-0.25, -0.2) is 0 Å². The van der Waals surface area contributed by atoms with Gasteiger partial charge in [-0.05, 0) is 85.2 Å². The molecule has 0 N–H and O–H groups in total. The third-order valence-corrected chi connectivity index (χ3v) is 10.6. The van der Waals surface area contributed by atoms with Crippen molar-refractivity contribution in [3.8, 4) is 0 Å². The molecule has 7 atom stereocenters. The molecular weight excluding hydrogens is 448 g/mol. The Morgan fingerprint density at radius 1 is 1.00 bits per heavy atom. The van der Waals surface area contributed by atoms with E-state index in [1.807, 2.05) is 0 Å². The third kappa shape index (κ3) is 4.52. The van der Waals surface area contributed by atoms with Crippen LogP contribution in [-0.4, -0.2) is 23.6 Å². The van der Waals surface area contributed by atoms with Crippen molar-refractivity contribution in [2.75, 3.05) is 0 Å². The summed E-state index contributed by atoms with van der Waals surface area (Å²) in [6.07, 6.45) is 14.7. The van der Waals surface area contributed by atoms with Crippen molar-refractivity contribution in [2.24, 2.45) is 34.5 Å². The highest BCUT2D eigenvalue weighted by Gasteiger charge is 2.61. The van der Waals surface area contributed by atoms with Gasteiger partial charge >= 0.3 is 11.9 Å². The lowest BCUT2D eigenvalue weighted by molar-refractivity contribution is -0.194. The molecule has 0 amide bonds. The van der Waals surface area contributed by atoms with Crippen LogP contribution in [0.5, 0.6) is 0 Å². The molecule has 0 heterocycles. The second-order valence-corrected chi connectivity index (χ2v) is 13.1. The topological polar surface area (TPSA) is 52.6 Å². The first-order chi connectivity index (χ1) is 16.8. The average molecular weight is 497 g/mol. The van der Waals surface area contributed by atoms with Crippen LogP contribution in [0, 0.1) is 34.5 Å². The molecule has 0 spiro atoms. The average Bonchev–Trinajstić information content (AvgIpc) is 3.14. The Labute approximate surface area is 219 Å². The number of rotatable bonds is 6. The highest BCUT2D eigenvalue weighted by Crippen LogP contribution is 2.66. The Morgan fingerprint density at radius 3 is 2.36 bits per heavy atom. The molecule has 4 aliphatic carbocycles. The van der Waals surface area contributed by atoms with Gasteiger partial charge in [0.25, 0.3) is 0 Å². The van der Waals surface area contributed by atoms with Crippen LogP contribution in [0.3, 0.4) is 0 Å². The molecule has 1 fully saturated rings. The molecule has 36 heavy (non-hydrogen) atoms. The predicted octanol–water partition coefficient (Wildman–Crippen LogP) is 7.73. The molecule has 0 radical (unpaired) electrons. The van der Waals surface area contributed by atoms with Crippen molar-refractivity contribution in [1.29, 1.82) is 0 Å². The van der Waals surface area contributed by atoms with Crippen molar-refractivity contribution < 1.29 is 19.1 Å². The molecule has 0 aromatic heterocycles. The van der Waals surface area contributed by atoms with E-state index in [1.165, 1.54) is 19.4 Å². The molecule has 4 rings (SSSR count). The summed E-state index contributed by atoms with van der Waals surface area (Å²) in [6, 6.07) is 0. The third-order valence-electron chi connectivity index (χ3n) is 10.6. The van der Waals surface area contributed by atoms with Gasteiger partial charge in [-0.1, -0.05) is 65.3 Å². The number of hydrogen-bond donors (Lipinski definition) is 0. The summed E-state index contributed by atoms with van der Waals surface area (Å²) >= 11 is 0. The summed E-state index contributed by atoms with van der Waals surface area (Å²) in [5.74, 6) is 1.96. The van der Waals surface area contributed by atoms with E-state index in [9.17, 15) is 9.59 Å². The van der Waals surface area contributed by atoms with Crippen molar-refractivity contribution in [2.45, 2.75) is 118 Å². The van der Waals surface area contributed by atoms with Gasteiger partial charge in [0.05, 0.1) is 0 Å². The molecular formula is C32H48O4. The Hall–Kier alpha value is -1.84. The highest BCUT2D eigenvalue weighted by atomic mass is 16.6. The van der Waals surface area contributed by atoms with Crippen molar-refractivity contribution in [3.63, 3.8) is 0 Å². The molecule has 4 heteroatoms. The molecule has 0 unspecified atom stereocenters. The maximum absolute atomic E-state index is 12.3. The Balaban J connectivity index is 1.64. The number of hydrogen-bond acceptors (Lipinski definition) is 4. The van der Waals surface area contributed by atoms with Gasteiger partial charge in [-0.15, -0.1) is 0 Å². The first-order valence-electron chi connectivity index (χ1n) is 14.3. The zero-order chi connectivity index (χ0) is 26.5. The summed E-state index contributed by atoms with van der Waals surface area (Å²) in [7, 11) is 0. The van der Waals surface area contributed by atoms with Gasteiger partial charge in [0, 0.05) is 25.7 Å². The van der Waals surface area contributed by atoms with Crippen LogP contribution in [0.2, 0.25) is 0 Å². The zero-order valence-electron chi connectivity index (χ0n) is 23.9. The molecule has 0 aliphatic heterocycles. The van der Waals surface area contributed by atoms with Crippen molar-refractivity contribution in [3.05, 3.63) is 34.9 Å². The van der Waals surface area contributed by atoms with Gasteiger partial charge in [0.2, 0.25) is 0 Å². The summed E-state index contributed by atoms with van der Waals surface area (Å²) in [4.78, 5) is 24.0. The number of ether oxygens (including phenoxy) is 2. The normalized spacial score (nSPS) is 37.6. The van der Waals surface area contributed by atoms with E-state index < -0.39 is 5.60 Å². The number of esters is 2. The second kappa shape index (κ2) is 9.80. The second-order valence-electron chi connectivity index (χ2n) is 13.1. The van der Waals surface area contributed by atoms with Gasteiger partial charge in [0.1, 0.15) is 11.7 Å². The molecule has 0 bridgehead atoms. The van der Waals surface area contributed by atoms with E-state index >= 15 is 0 Å². The summed E-state index contributed by atoms with van der Waals surface area (Å²) < 4.78 is 11.9. The van der Waals surface area contributed by atoms with Crippen LogP contribution >= 0.6 is 0 Å². The molecule has 0 aromatic rings. The fraction of sp³-hybridized carbons (Fsp3) is 0.750. The fourth-order valence-electron chi connectivity index (χ4n) is 8.14. The molecule has 4 aliphatic rings. The van der Waals surface area contributed by atoms with Crippen LogP contribution in [0.4, 0.5) is 0 Å². The maximum atomic E-state index is 12.3. The standard InChI is InChI=1S/C32H48O4/c1-20(2)21(3)9-10-22(4)27-11-12-28-26-14-18-32(36-24(6)34)19-25(35-23(5)33)13-17-31(32,8)29(26)15-16-30(27,28)7/h9-10,12,20-22,25,27H,11,13-19H2,1-8H3/b10-9+/t21-,22+,25+,27+,30+,31+,32+/m0/s1. The SMILES string of the molecule is CC(=O)O[C@@H]1CC[C@]2(C)C3=C(CC[C@@]2(OC(C)=O)C1)C1=CC[C@H]([C@H](C)/C=C/[C@H](C)C(C)C)[C@@]1(C)CC3. The Morgan fingerprint density at radius 2 is 1.72 bits per heavy atom. The molecule has 0 saturated heterocycles. The van der Waals surface area contributed by atoms with Crippen molar-refractivity contribution in [1.82, 2.24) is 0 Å². The summed E-state index contributed by atoms with van der Waals surface area (Å²) in [6.45, 7) is 17.1. The van der Waals surface area contributed by atoms with E-state index in [0.29, 0.717) is 30.1 Å².